The fraction of sp³-hybridized carbons (Fsp3) is 0.222. The minimum atomic E-state index is -4.52. The number of amides is 1. The predicted molar refractivity (Wildman–Crippen MR) is 89.5 cm³/mol. The van der Waals surface area contributed by atoms with Crippen LogP contribution in [0.5, 0.6) is 11.5 Å². The number of methoxy groups -OCH3 is 1. The third kappa shape index (κ3) is 6.21. The van der Waals surface area contributed by atoms with Gasteiger partial charge < -0.3 is 19.5 Å². The van der Waals surface area contributed by atoms with Crippen molar-refractivity contribution in [3.63, 3.8) is 0 Å². The molecule has 0 spiro atoms. The second-order valence-corrected chi connectivity index (χ2v) is 5.22. The van der Waals surface area contributed by atoms with E-state index in [4.69, 9.17) is 14.2 Å². The number of rotatable bonds is 7. The van der Waals surface area contributed by atoms with Gasteiger partial charge in [0.05, 0.1) is 18.4 Å². The summed E-state index contributed by atoms with van der Waals surface area (Å²) in [7, 11) is 1.44. The summed E-state index contributed by atoms with van der Waals surface area (Å²) in [5.74, 6) is -1.21. The van der Waals surface area contributed by atoms with Crippen molar-refractivity contribution in [2.45, 2.75) is 6.18 Å². The monoisotopic (exact) mass is 383 g/mol. The fourth-order valence-electron chi connectivity index (χ4n) is 2.03. The number of carbonyl (C=O) groups excluding carboxylic acids is 2. The van der Waals surface area contributed by atoms with Crippen molar-refractivity contribution in [1.82, 2.24) is 0 Å². The molecule has 2 aromatic carbocycles. The third-order valence-electron chi connectivity index (χ3n) is 3.26. The summed E-state index contributed by atoms with van der Waals surface area (Å²) in [5, 5.41) is 2.51. The summed E-state index contributed by atoms with van der Waals surface area (Å²) in [6.07, 6.45) is -4.52. The van der Waals surface area contributed by atoms with Gasteiger partial charge in [0.2, 0.25) is 0 Å². The largest absolute Gasteiger partial charge is 0.495 e. The van der Waals surface area contributed by atoms with Gasteiger partial charge in [-0.05, 0) is 30.3 Å². The number of hydrogen-bond donors (Lipinski definition) is 1. The molecule has 144 valence electrons. The lowest BCUT2D eigenvalue weighted by Gasteiger charge is -2.11. The second kappa shape index (κ2) is 8.93. The molecule has 9 heteroatoms. The lowest BCUT2D eigenvalue weighted by atomic mass is 10.2. The highest BCUT2D eigenvalue weighted by atomic mass is 19.4. The highest BCUT2D eigenvalue weighted by Crippen LogP contribution is 2.31. The molecule has 0 aliphatic rings. The summed E-state index contributed by atoms with van der Waals surface area (Å²) in [4.78, 5) is 23.4. The number of anilines is 1. The van der Waals surface area contributed by atoms with E-state index in [1.807, 2.05) is 0 Å². The zero-order valence-electron chi connectivity index (χ0n) is 14.2. The highest BCUT2D eigenvalue weighted by molar-refractivity contribution is 5.94. The van der Waals surface area contributed by atoms with Crippen LogP contribution in [0.25, 0.3) is 0 Å². The molecule has 2 aromatic rings. The first-order valence-corrected chi connectivity index (χ1v) is 7.68. The van der Waals surface area contributed by atoms with Crippen LogP contribution in [0, 0.1) is 0 Å². The SMILES string of the molecule is COc1ccccc1NC(=O)COC(=O)COc1cccc(C(F)(F)F)c1. The normalized spacial score (nSPS) is 10.8. The molecule has 0 aliphatic carbocycles. The van der Waals surface area contributed by atoms with Crippen molar-refractivity contribution in [1.29, 1.82) is 0 Å². The highest BCUT2D eigenvalue weighted by Gasteiger charge is 2.30. The molecule has 0 aromatic heterocycles. The molecule has 0 radical (unpaired) electrons. The molecule has 1 amide bonds. The molecule has 0 saturated heterocycles. The van der Waals surface area contributed by atoms with Gasteiger partial charge in [-0.3, -0.25) is 4.79 Å². The van der Waals surface area contributed by atoms with E-state index in [-0.39, 0.29) is 5.75 Å². The van der Waals surface area contributed by atoms with Crippen LogP contribution in [0.2, 0.25) is 0 Å². The summed E-state index contributed by atoms with van der Waals surface area (Å²) in [6.45, 7) is -1.22. The fourth-order valence-corrected chi connectivity index (χ4v) is 2.03. The van der Waals surface area contributed by atoms with Crippen LogP contribution in [0.15, 0.2) is 48.5 Å². The standard InChI is InChI=1S/C18H16F3NO5/c1-25-15-8-3-2-7-14(15)22-16(23)10-27-17(24)11-26-13-6-4-5-12(9-13)18(19,20)21/h2-9H,10-11H2,1H3,(H,22,23). The van der Waals surface area contributed by atoms with Gasteiger partial charge in [-0.25, -0.2) is 4.79 Å². The molecule has 2 rings (SSSR count). The van der Waals surface area contributed by atoms with Crippen LogP contribution in [-0.4, -0.2) is 32.2 Å². The first-order chi connectivity index (χ1) is 12.8. The number of ether oxygens (including phenoxy) is 3. The molecule has 6 nitrogen and oxygen atoms in total. The van der Waals surface area contributed by atoms with Crippen molar-refractivity contribution >= 4 is 17.6 Å². The minimum Gasteiger partial charge on any atom is -0.495 e. The van der Waals surface area contributed by atoms with Crippen molar-refractivity contribution in [3.8, 4) is 11.5 Å². The van der Waals surface area contributed by atoms with E-state index in [1.54, 1.807) is 24.3 Å². The first kappa shape index (κ1) is 20.1. The van der Waals surface area contributed by atoms with Crippen LogP contribution >= 0.6 is 0 Å². The van der Waals surface area contributed by atoms with Crippen LogP contribution in [0.4, 0.5) is 18.9 Å². The van der Waals surface area contributed by atoms with Crippen LogP contribution in [-0.2, 0) is 20.5 Å². The van der Waals surface area contributed by atoms with Crippen molar-refractivity contribution < 1.29 is 37.0 Å². The summed E-state index contributed by atoms with van der Waals surface area (Å²) in [6, 6.07) is 10.7. The van der Waals surface area contributed by atoms with E-state index in [1.165, 1.54) is 13.2 Å². The average molecular weight is 383 g/mol. The van der Waals surface area contributed by atoms with Gasteiger partial charge in [0.15, 0.2) is 13.2 Å². The molecular weight excluding hydrogens is 367 g/mol. The number of carbonyl (C=O) groups is 2. The van der Waals surface area contributed by atoms with Gasteiger partial charge in [0, 0.05) is 0 Å². The van der Waals surface area contributed by atoms with Gasteiger partial charge in [0.1, 0.15) is 11.5 Å². The lowest BCUT2D eigenvalue weighted by Crippen LogP contribution is -2.23. The summed E-state index contributed by atoms with van der Waals surface area (Å²) in [5.41, 5.74) is -0.495. The van der Waals surface area contributed by atoms with Crippen molar-refractivity contribution in [2.75, 3.05) is 25.6 Å². The topological polar surface area (TPSA) is 73.9 Å². The molecule has 0 fully saturated rings. The Morgan fingerprint density at radius 1 is 1.04 bits per heavy atom. The quantitative estimate of drug-likeness (QED) is 0.743. The summed E-state index contributed by atoms with van der Waals surface area (Å²) >= 11 is 0. The number of alkyl halides is 3. The zero-order chi connectivity index (χ0) is 19.9. The van der Waals surface area contributed by atoms with Gasteiger partial charge in [-0.15, -0.1) is 0 Å². The Morgan fingerprint density at radius 3 is 2.48 bits per heavy atom. The Hall–Kier alpha value is -3.23. The first-order valence-electron chi connectivity index (χ1n) is 7.68. The van der Waals surface area contributed by atoms with E-state index < -0.39 is 36.8 Å². The molecule has 0 saturated carbocycles. The Labute approximate surface area is 152 Å². The maximum absolute atomic E-state index is 12.6. The number of para-hydroxylation sites is 2. The predicted octanol–water partition coefficient (Wildman–Crippen LogP) is 3.27. The van der Waals surface area contributed by atoms with Crippen LogP contribution in [0.3, 0.4) is 0 Å². The van der Waals surface area contributed by atoms with Crippen LogP contribution in [0.1, 0.15) is 5.56 Å². The summed E-state index contributed by atoms with van der Waals surface area (Å²) < 4.78 is 52.6. The van der Waals surface area contributed by atoms with E-state index in [0.717, 1.165) is 18.2 Å². The smallest absolute Gasteiger partial charge is 0.416 e. The average Bonchev–Trinajstić information content (AvgIpc) is 2.64. The third-order valence-corrected chi connectivity index (χ3v) is 3.26. The van der Waals surface area contributed by atoms with Crippen LogP contribution < -0.4 is 14.8 Å². The van der Waals surface area contributed by atoms with E-state index in [2.05, 4.69) is 5.32 Å². The number of benzene rings is 2. The van der Waals surface area contributed by atoms with Crippen molar-refractivity contribution in [3.05, 3.63) is 54.1 Å². The molecule has 27 heavy (non-hydrogen) atoms. The molecule has 0 heterocycles. The van der Waals surface area contributed by atoms with Gasteiger partial charge in [0.25, 0.3) is 5.91 Å². The van der Waals surface area contributed by atoms with Gasteiger partial charge in [-0.1, -0.05) is 18.2 Å². The Bertz CT molecular complexity index is 808. The van der Waals surface area contributed by atoms with Gasteiger partial charge in [-0.2, -0.15) is 13.2 Å². The maximum Gasteiger partial charge on any atom is 0.416 e. The number of hydrogen-bond acceptors (Lipinski definition) is 5. The van der Waals surface area contributed by atoms with Crippen molar-refractivity contribution in [2.24, 2.45) is 0 Å². The van der Waals surface area contributed by atoms with Gasteiger partial charge >= 0.3 is 12.1 Å². The Kier molecular flexibility index (Phi) is 6.64. The van der Waals surface area contributed by atoms with E-state index in [9.17, 15) is 22.8 Å². The maximum atomic E-state index is 12.6. The molecule has 0 aliphatic heterocycles. The molecular formula is C18H16F3NO5. The lowest BCUT2D eigenvalue weighted by molar-refractivity contribution is -0.149. The Morgan fingerprint density at radius 2 is 1.78 bits per heavy atom. The molecule has 0 atom stereocenters. The second-order valence-electron chi connectivity index (χ2n) is 5.22. The number of esters is 1. The van der Waals surface area contributed by atoms with E-state index in [0.29, 0.717) is 11.4 Å². The molecule has 1 N–H and O–H groups in total. The van der Waals surface area contributed by atoms with E-state index >= 15 is 0 Å². The zero-order valence-corrected chi connectivity index (χ0v) is 14.2. The number of nitrogens with one attached hydrogen (secondary N) is 1. The number of halogens is 3. The molecule has 0 unspecified atom stereocenters. The minimum absolute atomic E-state index is 0.139. The Balaban J connectivity index is 1.80. The molecule has 0 bridgehead atoms.